The Balaban J connectivity index is 1.31. The van der Waals surface area contributed by atoms with E-state index in [9.17, 15) is 4.79 Å². The van der Waals surface area contributed by atoms with Crippen LogP contribution in [0.3, 0.4) is 0 Å². The van der Waals surface area contributed by atoms with E-state index in [1.807, 2.05) is 6.07 Å². The molecule has 6 rings (SSSR count). The molecule has 0 spiro atoms. The topological polar surface area (TPSA) is 44.8 Å². The first-order valence-corrected chi connectivity index (χ1v) is 10.6. The highest BCUT2D eigenvalue weighted by atomic mass is 35.5. The summed E-state index contributed by atoms with van der Waals surface area (Å²) in [5.41, 5.74) is 0.434. The average Bonchev–Trinajstić information content (AvgIpc) is 2.83. The third-order valence-electron chi connectivity index (χ3n) is 6.65. The lowest BCUT2D eigenvalue weighted by atomic mass is 9.49. The summed E-state index contributed by atoms with van der Waals surface area (Å²) in [6.45, 7) is 1.38. The summed E-state index contributed by atoms with van der Waals surface area (Å²) < 4.78 is 17.2. The van der Waals surface area contributed by atoms with Crippen molar-refractivity contribution in [3.8, 4) is 11.5 Å². The number of hydrogen-bond acceptors (Lipinski definition) is 4. The molecule has 0 amide bonds. The second-order valence-electron chi connectivity index (χ2n) is 8.92. The molecule has 0 N–H and O–H groups in total. The van der Waals surface area contributed by atoms with Crippen LogP contribution in [-0.2, 0) is 16.1 Å². The van der Waals surface area contributed by atoms with Crippen LogP contribution >= 0.6 is 23.2 Å². The van der Waals surface area contributed by atoms with Crippen molar-refractivity contribution >= 4 is 29.2 Å². The van der Waals surface area contributed by atoms with Gasteiger partial charge in [-0.25, -0.2) is 0 Å². The van der Waals surface area contributed by atoms with Gasteiger partial charge in [0.1, 0.15) is 6.61 Å². The van der Waals surface area contributed by atoms with Gasteiger partial charge in [0.15, 0.2) is 11.5 Å². The molecule has 4 saturated carbocycles. The molecule has 2 atom stereocenters. The molecule has 0 aromatic heterocycles. The lowest BCUT2D eigenvalue weighted by molar-refractivity contribution is -0.171. The van der Waals surface area contributed by atoms with Gasteiger partial charge in [-0.15, -0.1) is 11.6 Å². The quantitative estimate of drug-likeness (QED) is 0.512. The first kappa shape index (κ1) is 17.9. The van der Waals surface area contributed by atoms with Crippen molar-refractivity contribution < 1.29 is 19.0 Å². The van der Waals surface area contributed by atoms with Crippen LogP contribution in [0.2, 0.25) is 5.02 Å². The largest absolute Gasteiger partial charge is 0.489 e. The number of carbonyl (C=O) groups is 1. The first-order valence-electron chi connectivity index (χ1n) is 9.89. The zero-order valence-corrected chi connectivity index (χ0v) is 16.8. The average molecular weight is 411 g/mol. The van der Waals surface area contributed by atoms with Crippen LogP contribution in [0.5, 0.6) is 11.5 Å². The smallest absolute Gasteiger partial charge is 0.312 e. The van der Waals surface area contributed by atoms with Gasteiger partial charge < -0.3 is 14.2 Å². The number of hydrogen-bond donors (Lipinski definition) is 0. The molecule has 4 bridgehead atoms. The van der Waals surface area contributed by atoms with Crippen molar-refractivity contribution in [3.63, 3.8) is 0 Å². The van der Waals surface area contributed by atoms with Gasteiger partial charge in [0.25, 0.3) is 0 Å². The highest BCUT2D eigenvalue weighted by Gasteiger charge is 2.60. The molecule has 1 aromatic carbocycles. The van der Waals surface area contributed by atoms with Gasteiger partial charge in [-0.3, -0.25) is 4.79 Å². The molecule has 4 aliphatic carbocycles. The van der Waals surface area contributed by atoms with E-state index < -0.39 is 0 Å². The SMILES string of the molecule is O=C(OCc1cc(Cl)c2c(c1)OCCCO2)C12CC3CC(CC(Cl)(C3)C1)C2. The van der Waals surface area contributed by atoms with Gasteiger partial charge in [-0.05, 0) is 68.1 Å². The molecule has 146 valence electrons. The minimum Gasteiger partial charge on any atom is -0.489 e. The molecule has 1 aliphatic heterocycles. The normalized spacial score (nSPS) is 36.4. The van der Waals surface area contributed by atoms with Crippen molar-refractivity contribution in [3.05, 3.63) is 22.7 Å². The van der Waals surface area contributed by atoms with Gasteiger partial charge in [-0.1, -0.05) is 11.6 Å². The molecular formula is C21H24Cl2O4. The fourth-order valence-corrected chi connectivity index (χ4v) is 7.04. The number of alkyl halides is 1. The third-order valence-corrected chi connectivity index (χ3v) is 7.38. The number of carbonyl (C=O) groups excluding carboxylic acids is 1. The van der Waals surface area contributed by atoms with Gasteiger partial charge >= 0.3 is 5.97 Å². The minimum absolute atomic E-state index is 0.0927. The van der Waals surface area contributed by atoms with Crippen LogP contribution in [0, 0.1) is 17.3 Å². The summed E-state index contributed by atoms with van der Waals surface area (Å²) in [6, 6.07) is 3.66. The van der Waals surface area contributed by atoms with E-state index in [2.05, 4.69) is 0 Å². The number of benzene rings is 1. The molecule has 4 nitrogen and oxygen atoms in total. The van der Waals surface area contributed by atoms with Crippen molar-refractivity contribution in [2.45, 2.75) is 56.4 Å². The van der Waals surface area contributed by atoms with E-state index in [0.29, 0.717) is 41.6 Å². The van der Waals surface area contributed by atoms with Crippen LogP contribution in [0.4, 0.5) is 0 Å². The summed E-state index contributed by atoms with van der Waals surface area (Å²) in [6.07, 6.45) is 6.77. The Labute approximate surface area is 169 Å². The summed E-state index contributed by atoms with van der Waals surface area (Å²) in [7, 11) is 0. The Bertz CT molecular complexity index is 764. The Kier molecular flexibility index (Phi) is 4.28. The predicted octanol–water partition coefficient (Wildman–Crippen LogP) is 5.12. The zero-order valence-electron chi connectivity index (χ0n) is 15.3. The second kappa shape index (κ2) is 6.45. The van der Waals surface area contributed by atoms with Crippen LogP contribution < -0.4 is 9.47 Å². The van der Waals surface area contributed by atoms with Crippen LogP contribution in [0.15, 0.2) is 12.1 Å². The minimum atomic E-state index is -0.388. The molecule has 1 aromatic rings. The van der Waals surface area contributed by atoms with E-state index in [1.54, 1.807) is 6.07 Å². The highest BCUT2D eigenvalue weighted by Crippen LogP contribution is 2.64. The van der Waals surface area contributed by atoms with E-state index >= 15 is 0 Å². The third kappa shape index (κ3) is 3.19. The lowest BCUT2D eigenvalue weighted by Gasteiger charge is -2.58. The standard InChI is InChI=1S/C21H24Cl2O4/c22-16-5-13(6-17-18(16)26-3-1-2-25-17)11-27-19(24)20-7-14-4-15(8-20)10-21(23,9-14)12-20/h5-6,14-15H,1-4,7-12H2. The number of fused-ring (bicyclic) bond motifs is 1. The Hall–Kier alpha value is -1.13. The molecule has 27 heavy (non-hydrogen) atoms. The first-order chi connectivity index (χ1) is 12.9. The fourth-order valence-electron chi connectivity index (χ4n) is 6.06. The van der Waals surface area contributed by atoms with E-state index in [4.69, 9.17) is 37.4 Å². The maximum Gasteiger partial charge on any atom is 0.312 e. The number of esters is 1. The van der Waals surface area contributed by atoms with Gasteiger partial charge in [0.05, 0.1) is 23.7 Å². The summed E-state index contributed by atoms with van der Waals surface area (Å²) >= 11 is 13.2. The van der Waals surface area contributed by atoms with Crippen LogP contribution in [0.1, 0.15) is 50.5 Å². The molecule has 0 saturated heterocycles. The fraction of sp³-hybridized carbons (Fsp3) is 0.667. The lowest BCUT2D eigenvalue weighted by Crippen LogP contribution is -2.56. The Morgan fingerprint density at radius 2 is 1.89 bits per heavy atom. The number of ether oxygens (including phenoxy) is 3. The molecule has 2 unspecified atom stereocenters. The van der Waals surface area contributed by atoms with Gasteiger partial charge in [0, 0.05) is 11.3 Å². The molecule has 4 fully saturated rings. The Morgan fingerprint density at radius 3 is 2.63 bits per heavy atom. The van der Waals surface area contributed by atoms with E-state index in [1.165, 1.54) is 6.42 Å². The molecule has 0 radical (unpaired) electrons. The molecular weight excluding hydrogens is 387 g/mol. The maximum absolute atomic E-state index is 13.1. The summed E-state index contributed by atoms with van der Waals surface area (Å²) in [5, 5.41) is 0.495. The van der Waals surface area contributed by atoms with Crippen molar-refractivity contribution in [1.29, 1.82) is 0 Å². The van der Waals surface area contributed by atoms with Gasteiger partial charge in [0.2, 0.25) is 0 Å². The van der Waals surface area contributed by atoms with Crippen molar-refractivity contribution in [2.75, 3.05) is 13.2 Å². The Morgan fingerprint density at radius 1 is 1.15 bits per heavy atom. The molecule has 6 heteroatoms. The second-order valence-corrected chi connectivity index (χ2v) is 10.1. The summed E-state index contributed by atoms with van der Waals surface area (Å²) in [5.74, 6) is 2.26. The highest BCUT2D eigenvalue weighted by molar-refractivity contribution is 6.32. The number of halogens is 2. The van der Waals surface area contributed by atoms with Crippen molar-refractivity contribution in [1.82, 2.24) is 0 Å². The van der Waals surface area contributed by atoms with Crippen molar-refractivity contribution in [2.24, 2.45) is 17.3 Å². The summed E-state index contributed by atoms with van der Waals surface area (Å²) in [4.78, 5) is 12.9. The van der Waals surface area contributed by atoms with Crippen LogP contribution in [0.25, 0.3) is 0 Å². The monoisotopic (exact) mass is 410 g/mol. The van der Waals surface area contributed by atoms with E-state index in [-0.39, 0.29) is 22.9 Å². The van der Waals surface area contributed by atoms with Crippen LogP contribution in [-0.4, -0.2) is 24.1 Å². The maximum atomic E-state index is 13.1. The van der Waals surface area contributed by atoms with E-state index in [0.717, 1.165) is 44.1 Å². The molecule has 5 aliphatic rings. The molecule has 1 heterocycles. The predicted molar refractivity (Wildman–Crippen MR) is 103 cm³/mol. The zero-order chi connectivity index (χ0) is 18.6. The number of rotatable bonds is 3. The van der Waals surface area contributed by atoms with Gasteiger partial charge in [-0.2, -0.15) is 0 Å².